The zero-order chi connectivity index (χ0) is 24.1. The Balaban J connectivity index is 1.64. The fraction of sp³-hybridized carbons (Fsp3) is 0.125. The number of nitrogens with zero attached hydrogens (tertiary/aromatic N) is 2. The number of para-hydroxylation sites is 1. The highest BCUT2D eigenvalue weighted by Gasteiger charge is 2.19. The van der Waals surface area contributed by atoms with Gasteiger partial charge in [0, 0.05) is 34.3 Å². The molecule has 0 amide bonds. The molecule has 3 nitrogen and oxygen atoms in total. The van der Waals surface area contributed by atoms with Crippen molar-refractivity contribution in [1.82, 2.24) is 9.97 Å². The second kappa shape index (κ2) is 8.21. The van der Waals surface area contributed by atoms with E-state index in [0.717, 1.165) is 50.0 Å². The summed E-state index contributed by atoms with van der Waals surface area (Å²) in [6, 6.07) is 25.2. The Morgan fingerprint density at radius 3 is 2.11 bits per heavy atom. The third-order valence-electron chi connectivity index (χ3n) is 7.10. The van der Waals surface area contributed by atoms with Gasteiger partial charge < -0.3 is 4.42 Å². The third-order valence-corrected chi connectivity index (χ3v) is 7.10. The Morgan fingerprint density at radius 1 is 0.600 bits per heavy atom. The molecular formula is C32H26N2O. The summed E-state index contributed by atoms with van der Waals surface area (Å²) < 4.78 is 6.23. The van der Waals surface area contributed by atoms with E-state index in [0.29, 0.717) is 0 Å². The maximum absolute atomic E-state index is 6.23. The highest BCUT2D eigenvalue weighted by Crippen LogP contribution is 2.41. The van der Waals surface area contributed by atoms with Gasteiger partial charge in [0.1, 0.15) is 11.2 Å². The minimum Gasteiger partial charge on any atom is -0.456 e. The Bertz CT molecular complexity index is 1730. The molecule has 35 heavy (non-hydrogen) atoms. The summed E-state index contributed by atoms with van der Waals surface area (Å²) in [5, 5.41) is 2.28. The van der Waals surface area contributed by atoms with Gasteiger partial charge in [-0.05, 0) is 104 Å². The maximum Gasteiger partial charge on any atom is 0.136 e. The fourth-order valence-electron chi connectivity index (χ4n) is 5.05. The number of rotatable bonds is 3. The van der Waals surface area contributed by atoms with E-state index in [9.17, 15) is 0 Å². The highest BCUT2D eigenvalue weighted by atomic mass is 16.3. The van der Waals surface area contributed by atoms with Gasteiger partial charge in [0.25, 0.3) is 0 Å². The van der Waals surface area contributed by atoms with Crippen LogP contribution in [0.3, 0.4) is 0 Å². The molecule has 0 unspecified atom stereocenters. The molecular weight excluding hydrogens is 428 g/mol. The molecule has 0 aliphatic rings. The largest absolute Gasteiger partial charge is 0.456 e. The predicted octanol–water partition coefficient (Wildman–Crippen LogP) is 8.61. The van der Waals surface area contributed by atoms with Crippen LogP contribution in [-0.2, 0) is 0 Å². The van der Waals surface area contributed by atoms with E-state index in [1.165, 1.54) is 27.8 Å². The number of benzene rings is 3. The summed E-state index contributed by atoms with van der Waals surface area (Å²) in [5.74, 6) is 0. The van der Waals surface area contributed by atoms with E-state index in [2.05, 4.69) is 81.2 Å². The molecule has 0 saturated carbocycles. The molecule has 0 bridgehead atoms. The summed E-state index contributed by atoms with van der Waals surface area (Å²) in [7, 11) is 0. The molecule has 3 heterocycles. The first-order valence-electron chi connectivity index (χ1n) is 11.9. The molecule has 0 aliphatic heterocycles. The standard InChI is InChI=1S/C32H26N2O/c1-19-15-29(34-18-20(19)2)27-17-26(28-10-7-8-14-33-28)21(3)32(22(27)4)23-12-13-25-24-9-5-6-11-30(24)35-31(25)16-23/h5-18H,1-4H3. The van der Waals surface area contributed by atoms with E-state index in [4.69, 9.17) is 9.40 Å². The van der Waals surface area contributed by atoms with Crippen molar-refractivity contribution in [1.29, 1.82) is 0 Å². The average molecular weight is 455 g/mol. The Morgan fingerprint density at radius 2 is 1.34 bits per heavy atom. The van der Waals surface area contributed by atoms with Gasteiger partial charge in [-0.2, -0.15) is 0 Å². The van der Waals surface area contributed by atoms with Crippen LogP contribution in [0.5, 0.6) is 0 Å². The molecule has 3 heteroatoms. The normalized spacial score (nSPS) is 11.4. The number of aryl methyl sites for hydroxylation is 2. The topological polar surface area (TPSA) is 38.9 Å². The van der Waals surface area contributed by atoms with Crippen molar-refractivity contribution in [2.45, 2.75) is 27.7 Å². The van der Waals surface area contributed by atoms with Crippen molar-refractivity contribution in [2.24, 2.45) is 0 Å². The second-order valence-corrected chi connectivity index (χ2v) is 9.27. The third kappa shape index (κ3) is 3.52. The molecule has 6 aromatic rings. The van der Waals surface area contributed by atoms with Crippen LogP contribution in [0.25, 0.3) is 55.6 Å². The molecule has 6 rings (SSSR count). The minimum atomic E-state index is 0.900. The number of pyridine rings is 2. The van der Waals surface area contributed by atoms with Crippen molar-refractivity contribution >= 4 is 21.9 Å². The Labute approximate surface area is 205 Å². The van der Waals surface area contributed by atoms with E-state index >= 15 is 0 Å². The van der Waals surface area contributed by atoms with Crippen LogP contribution in [0.15, 0.2) is 89.6 Å². The summed E-state index contributed by atoms with van der Waals surface area (Å²) in [4.78, 5) is 9.49. The number of fused-ring (bicyclic) bond motifs is 3. The molecule has 0 radical (unpaired) electrons. The molecule has 0 aliphatic carbocycles. The van der Waals surface area contributed by atoms with Crippen LogP contribution < -0.4 is 0 Å². The molecule has 0 N–H and O–H groups in total. The Kier molecular flexibility index (Phi) is 5.00. The minimum absolute atomic E-state index is 0.900. The van der Waals surface area contributed by atoms with Crippen LogP contribution in [0.4, 0.5) is 0 Å². The van der Waals surface area contributed by atoms with E-state index in [1.807, 2.05) is 36.7 Å². The number of furan rings is 1. The zero-order valence-electron chi connectivity index (χ0n) is 20.4. The van der Waals surface area contributed by atoms with Gasteiger partial charge in [0.05, 0.1) is 11.4 Å². The molecule has 0 atom stereocenters. The average Bonchev–Trinajstić information content (AvgIpc) is 3.24. The van der Waals surface area contributed by atoms with Gasteiger partial charge in [-0.1, -0.05) is 30.3 Å². The van der Waals surface area contributed by atoms with Gasteiger partial charge in [0.15, 0.2) is 0 Å². The molecule has 170 valence electrons. The molecule has 0 spiro atoms. The second-order valence-electron chi connectivity index (χ2n) is 9.27. The summed E-state index contributed by atoms with van der Waals surface area (Å²) in [6.07, 6.45) is 3.81. The lowest BCUT2D eigenvalue weighted by molar-refractivity contribution is 0.669. The fourth-order valence-corrected chi connectivity index (χ4v) is 5.05. The van der Waals surface area contributed by atoms with Crippen molar-refractivity contribution < 1.29 is 4.42 Å². The molecule has 3 aromatic carbocycles. The van der Waals surface area contributed by atoms with Gasteiger partial charge in [-0.15, -0.1) is 0 Å². The Hall–Kier alpha value is -4.24. The molecule has 0 fully saturated rings. The van der Waals surface area contributed by atoms with Crippen molar-refractivity contribution in [3.63, 3.8) is 0 Å². The highest BCUT2D eigenvalue weighted by molar-refractivity contribution is 6.06. The quantitative estimate of drug-likeness (QED) is 0.269. The number of hydrogen-bond acceptors (Lipinski definition) is 3. The van der Waals surface area contributed by atoms with Crippen molar-refractivity contribution in [3.05, 3.63) is 107 Å². The van der Waals surface area contributed by atoms with E-state index in [1.54, 1.807) is 0 Å². The lowest BCUT2D eigenvalue weighted by atomic mass is 9.86. The first kappa shape index (κ1) is 21.3. The molecule has 0 saturated heterocycles. The number of hydrogen-bond donors (Lipinski definition) is 0. The van der Waals surface area contributed by atoms with Crippen molar-refractivity contribution in [2.75, 3.05) is 0 Å². The van der Waals surface area contributed by atoms with Crippen LogP contribution in [-0.4, -0.2) is 9.97 Å². The maximum atomic E-state index is 6.23. The van der Waals surface area contributed by atoms with E-state index in [-0.39, 0.29) is 0 Å². The summed E-state index contributed by atoms with van der Waals surface area (Å²) in [6.45, 7) is 8.62. The van der Waals surface area contributed by atoms with Gasteiger partial charge in [0.2, 0.25) is 0 Å². The smallest absolute Gasteiger partial charge is 0.136 e. The van der Waals surface area contributed by atoms with Crippen LogP contribution in [0.1, 0.15) is 22.3 Å². The first-order chi connectivity index (χ1) is 17.0. The predicted molar refractivity (Wildman–Crippen MR) is 145 cm³/mol. The number of aromatic nitrogens is 2. The van der Waals surface area contributed by atoms with Gasteiger partial charge in [-0.25, -0.2) is 0 Å². The van der Waals surface area contributed by atoms with E-state index < -0.39 is 0 Å². The van der Waals surface area contributed by atoms with Crippen molar-refractivity contribution in [3.8, 4) is 33.6 Å². The van der Waals surface area contributed by atoms with Crippen LogP contribution in [0, 0.1) is 27.7 Å². The lowest BCUT2D eigenvalue weighted by Gasteiger charge is -2.19. The zero-order valence-corrected chi connectivity index (χ0v) is 20.4. The van der Waals surface area contributed by atoms with Crippen LogP contribution >= 0.6 is 0 Å². The summed E-state index contributed by atoms with van der Waals surface area (Å²) in [5.41, 5.74) is 13.2. The summed E-state index contributed by atoms with van der Waals surface area (Å²) >= 11 is 0. The monoisotopic (exact) mass is 454 g/mol. The lowest BCUT2D eigenvalue weighted by Crippen LogP contribution is -1.99. The first-order valence-corrected chi connectivity index (χ1v) is 11.9. The molecule has 3 aromatic heterocycles. The van der Waals surface area contributed by atoms with Crippen LogP contribution in [0.2, 0.25) is 0 Å². The van der Waals surface area contributed by atoms with Gasteiger partial charge in [-0.3, -0.25) is 9.97 Å². The van der Waals surface area contributed by atoms with Gasteiger partial charge >= 0.3 is 0 Å². The SMILES string of the molecule is Cc1cnc(-c2cc(-c3ccccn3)c(C)c(-c3ccc4c(c3)oc3ccccc34)c2C)cc1C.